The SMILES string of the molecule is Cc1cc2c(c(C(C)C(=O)O)c1C)OCO2. The van der Waals surface area contributed by atoms with Crippen LogP contribution < -0.4 is 9.47 Å². The lowest BCUT2D eigenvalue weighted by atomic mass is 9.92. The van der Waals surface area contributed by atoms with Gasteiger partial charge in [0.15, 0.2) is 11.5 Å². The van der Waals surface area contributed by atoms with Crippen molar-refractivity contribution in [2.45, 2.75) is 26.7 Å². The summed E-state index contributed by atoms with van der Waals surface area (Å²) in [4.78, 5) is 11.1. The second kappa shape index (κ2) is 3.70. The van der Waals surface area contributed by atoms with Gasteiger partial charge in [0.25, 0.3) is 0 Å². The Hall–Kier alpha value is -1.71. The van der Waals surface area contributed by atoms with Crippen molar-refractivity contribution < 1.29 is 19.4 Å². The third-order valence-electron chi connectivity index (χ3n) is 3.03. The van der Waals surface area contributed by atoms with E-state index in [9.17, 15) is 4.79 Å². The van der Waals surface area contributed by atoms with Crippen LogP contribution in [0.25, 0.3) is 0 Å². The second-order valence-electron chi connectivity index (χ2n) is 4.03. The van der Waals surface area contributed by atoms with E-state index in [1.165, 1.54) is 0 Å². The third kappa shape index (κ3) is 1.50. The minimum absolute atomic E-state index is 0.164. The first kappa shape index (κ1) is 10.8. The van der Waals surface area contributed by atoms with E-state index in [1.54, 1.807) is 6.92 Å². The fraction of sp³-hybridized carbons (Fsp3) is 0.417. The number of hydrogen-bond donors (Lipinski definition) is 1. The van der Waals surface area contributed by atoms with Gasteiger partial charge in [-0.3, -0.25) is 4.79 Å². The molecule has 0 aliphatic carbocycles. The lowest BCUT2D eigenvalue weighted by Gasteiger charge is -2.15. The topological polar surface area (TPSA) is 55.8 Å². The molecule has 0 radical (unpaired) electrons. The number of carboxylic acid groups (broad SMARTS) is 1. The highest BCUT2D eigenvalue weighted by Crippen LogP contribution is 2.42. The van der Waals surface area contributed by atoms with Crippen LogP contribution in [0.5, 0.6) is 11.5 Å². The molecule has 0 fully saturated rings. The van der Waals surface area contributed by atoms with E-state index in [1.807, 2.05) is 19.9 Å². The molecule has 2 rings (SSSR count). The van der Waals surface area contributed by atoms with Gasteiger partial charge < -0.3 is 14.6 Å². The van der Waals surface area contributed by atoms with Crippen LogP contribution in [0.1, 0.15) is 29.5 Å². The van der Waals surface area contributed by atoms with Crippen molar-refractivity contribution in [3.8, 4) is 11.5 Å². The zero-order chi connectivity index (χ0) is 11.9. The van der Waals surface area contributed by atoms with Crippen LogP contribution in [0.3, 0.4) is 0 Å². The van der Waals surface area contributed by atoms with Gasteiger partial charge >= 0.3 is 5.97 Å². The quantitative estimate of drug-likeness (QED) is 0.833. The summed E-state index contributed by atoms with van der Waals surface area (Å²) in [6, 6.07) is 1.88. The fourth-order valence-electron chi connectivity index (χ4n) is 1.94. The smallest absolute Gasteiger partial charge is 0.310 e. The highest BCUT2D eigenvalue weighted by Gasteiger charge is 2.27. The van der Waals surface area contributed by atoms with Gasteiger partial charge in [-0.15, -0.1) is 0 Å². The molecule has 86 valence electrons. The van der Waals surface area contributed by atoms with E-state index in [2.05, 4.69) is 0 Å². The predicted octanol–water partition coefficient (Wildman–Crippen LogP) is 2.22. The van der Waals surface area contributed by atoms with E-state index in [4.69, 9.17) is 14.6 Å². The van der Waals surface area contributed by atoms with E-state index in [0.717, 1.165) is 16.7 Å². The molecule has 1 aliphatic rings. The van der Waals surface area contributed by atoms with Crippen molar-refractivity contribution >= 4 is 5.97 Å². The molecule has 1 atom stereocenters. The molecule has 0 bridgehead atoms. The Morgan fingerprint density at radius 2 is 2.12 bits per heavy atom. The van der Waals surface area contributed by atoms with Gasteiger partial charge in [0.05, 0.1) is 5.92 Å². The maximum atomic E-state index is 11.1. The minimum Gasteiger partial charge on any atom is -0.481 e. The Kier molecular flexibility index (Phi) is 2.50. The molecule has 4 heteroatoms. The number of rotatable bonds is 2. The van der Waals surface area contributed by atoms with Crippen molar-refractivity contribution in [3.63, 3.8) is 0 Å². The van der Waals surface area contributed by atoms with Crippen LogP contribution in [0, 0.1) is 13.8 Å². The molecule has 1 aliphatic heterocycles. The number of fused-ring (bicyclic) bond motifs is 1. The summed E-state index contributed by atoms with van der Waals surface area (Å²) in [5.41, 5.74) is 2.70. The Balaban J connectivity index is 2.63. The summed E-state index contributed by atoms with van der Waals surface area (Å²) in [5, 5.41) is 9.09. The zero-order valence-electron chi connectivity index (χ0n) is 9.53. The predicted molar refractivity (Wildman–Crippen MR) is 58.1 cm³/mol. The molecule has 0 saturated heterocycles. The first-order chi connectivity index (χ1) is 7.52. The van der Waals surface area contributed by atoms with Crippen LogP contribution >= 0.6 is 0 Å². The molecule has 1 heterocycles. The van der Waals surface area contributed by atoms with Crippen molar-refractivity contribution in [2.24, 2.45) is 0 Å². The van der Waals surface area contributed by atoms with Gasteiger partial charge in [0, 0.05) is 5.56 Å². The summed E-state index contributed by atoms with van der Waals surface area (Å²) in [6.45, 7) is 5.67. The van der Waals surface area contributed by atoms with Crippen molar-refractivity contribution in [1.29, 1.82) is 0 Å². The highest BCUT2D eigenvalue weighted by molar-refractivity contribution is 5.78. The molecule has 0 amide bonds. The molecule has 1 unspecified atom stereocenters. The molecule has 0 aromatic heterocycles. The number of ether oxygens (including phenoxy) is 2. The van der Waals surface area contributed by atoms with Crippen LogP contribution in [0.2, 0.25) is 0 Å². The van der Waals surface area contributed by atoms with Crippen molar-refractivity contribution in [2.75, 3.05) is 6.79 Å². The second-order valence-corrected chi connectivity index (χ2v) is 4.03. The van der Waals surface area contributed by atoms with E-state index < -0.39 is 11.9 Å². The minimum atomic E-state index is -0.855. The Morgan fingerprint density at radius 1 is 1.44 bits per heavy atom. The van der Waals surface area contributed by atoms with Crippen LogP contribution in [0.4, 0.5) is 0 Å². The highest BCUT2D eigenvalue weighted by atomic mass is 16.7. The summed E-state index contributed by atoms with van der Waals surface area (Å²) >= 11 is 0. The maximum absolute atomic E-state index is 11.1. The maximum Gasteiger partial charge on any atom is 0.310 e. The van der Waals surface area contributed by atoms with E-state index in [0.29, 0.717) is 11.5 Å². The number of benzene rings is 1. The summed E-state index contributed by atoms with van der Waals surface area (Å²) < 4.78 is 10.6. The lowest BCUT2D eigenvalue weighted by Crippen LogP contribution is -2.10. The molecular weight excluding hydrogens is 208 g/mol. The summed E-state index contributed by atoms with van der Waals surface area (Å²) in [6.07, 6.45) is 0. The zero-order valence-corrected chi connectivity index (χ0v) is 9.53. The monoisotopic (exact) mass is 222 g/mol. The Bertz CT molecular complexity index is 451. The van der Waals surface area contributed by atoms with Crippen LogP contribution in [0.15, 0.2) is 6.07 Å². The van der Waals surface area contributed by atoms with E-state index in [-0.39, 0.29) is 6.79 Å². The number of aliphatic carboxylic acids is 1. The van der Waals surface area contributed by atoms with Crippen LogP contribution in [-0.4, -0.2) is 17.9 Å². The Labute approximate surface area is 93.8 Å². The van der Waals surface area contributed by atoms with Gasteiger partial charge in [0.2, 0.25) is 6.79 Å². The van der Waals surface area contributed by atoms with Gasteiger partial charge in [-0.25, -0.2) is 0 Å². The molecule has 1 N–H and O–H groups in total. The first-order valence-corrected chi connectivity index (χ1v) is 5.15. The molecule has 4 nitrogen and oxygen atoms in total. The number of aryl methyl sites for hydroxylation is 1. The number of carboxylic acids is 1. The third-order valence-corrected chi connectivity index (χ3v) is 3.03. The van der Waals surface area contributed by atoms with Crippen molar-refractivity contribution in [3.05, 3.63) is 22.8 Å². The van der Waals surface area contributed by atoms with Gasteiger partial charge in [0.1, 0.15) is 0 Å². The average molecular weight is 222 g/mol. The van der Waals surface area contributed by atoms with Gasteiger partial charge in [-0.2, -0.15) is 0 Å². The van der Waals surface area contributed by atoms with Crippen molar-refractivity contribution in [1.82, 2.24) is 0 Å². The normalized spacial score (nSPS) is 14.9. The van der Waals surface area contributed by atoms with Crippen LogP contribution in [-0.2, 0) is 4.79 Å². The average Bonchev–Trinajstić information content (AvgIpc) is 2.66. The van der Waals surface area contributed by atoms with Gasteiger partial charge in [-0.05, 0) is 38.0 Å². The largest absolute Gasteiger partial charge is 0.481 e. The van der Waals surface area contributed by atoms with E-state index >= 15 is 0 Å². The number of hydrogen-bond acceptors (Lipinski definition) is 3. The Morgan fingerprint density at radius 3 is 2.75 bits per heavy atom. The molecule has 1 aromatic rings. The summed E-state index contributed by atoms with van der Waals surface area (Å²) in [7, 11) is 0. The number of carbonyl (C=O) groups is 1. The first-order valence-electron chi connectivity index (χ1n) is 5.15. The molecule has 1 aromatic carbocycles. The molecule has 16 heavy (non-hydrogen) atoms. The lowest BCUT2D eigenvalue weighted by molar-refractivity contribution is -0.138. The van der Waals surface area contributed by atoms with Gasteiger partial charge in [-0.1, -0.05) is 0 Å². The fourth-order valence-corrected chi connectivity index (χ4v) is 1.94. The summed E-state index contributed by atoms with van der Waals surface area (Å²) in [5.74, 6) is -0.217. The molecular formula is C12H14O4. The standard InChI is InChI=1S/C12H14O4/c1-6-4-9-11(16-5-15-9)10(7(6)2)8(3)12(13)14/h4,8H,5H2,1-3H3,(H,13,14). The molecule has 0 saturated carbocycles. The molecule has 0 spiro atoms.